The Hall–Kier alpha value is -1.71. The molecule has 0 aliphatic carbocycles. The van der Waals surface area contributed by atoms with E-state index in [2.05, 4.69) is 0 Å². The van der Waals surface area contributed by atoms with E-state index in [1.165, 1.54) is 6.07 Å². The highest BCUT2D eigenvalue weighted by Crippen LogP contribution is 2.38. The van der Waals surface area contributed by atoms with Crippen molar-refractivity contribution in [3.63, 3.8) is 0 Å². The molecule has 0 radical (unpaired) electrons. The van der Waals surface area contributed by atoms with Crippen LogP contribution in [0.25, 0.3) is 0 Å². The zero-order valence-corrected chi connectivity index (χ0v) is 9.61. The highest BCUT2D eigenvalue weighted by atomic mass is 16.4. The number of carboxylic acids is 1. The predicted octanol–water partition coefficient (Wildman–Crippen LogP) is 2.29. The number of aliphatic carboxylic acids is 1. The van der Waals surface area contributed by atoms with Crippen molar-refractivity contribution in [3.05, 3.63) is 22.8 Å². The summed E-state index contributed by atoms with van der Waals surface area (Å²) in [5, 5.41) is 28.5. The zero-order valence-electron chi connectivity index (χ0n) is 9.61. The van der Waals surface area contributed by atoms with Crippen LogP contribution < -0.4 is 0 Å². The van der Waals surface area contributed by atoms with Crippen molar-refractivity contribution < 1.29 is 20.1 Å². The smallest absolute Gasteiger partial charge is 0.311 e. The first-order valence-corrected chi connectivity index (χ1v) is 5.15. The van der Waals surface area contributed by atoms with Gasteiger partial charge in [-0.05, 0) is 37.5 Å². The molecule has 0 fully saturated rings. The molecule has 0 saturated carbocycles. The number of benzene rings is 1. The monoisotopic (exact) mass is 224 g/mol. The van der Waals surface area contributed by atoms with E-state index in [1.54, 1.807) is 20.8 Å². The van der Waals surface area contributed by atoms with Crippen molar-refractivity contribution in [2.75, 3.05) is 0 Å². The summed E-state index contributed by atoms with van der Waals surface area (Å²) in [4.78, 5) is 11.0. The highest BCUT2D eigenvalue weighted by molar-refractivity contribution is 5.78. The van der Waals surface area contributed by atoms with Gasteiger partial charge in [0.15, 0.2) is 0 Å². The second kappa shape index (κ2) is 4.43. The molecule has 1 aromatic rings. The minimum atomic E-state index is -0.996. The molecule has 0 aromatic heterocycles. The lowest BCUT2D eigenvalue weighted by Crippen LogP contribution is -2.12. The van der Waals surface area contributed by atoms with Crippen LogP contribution in [-0.4, -0.2) is 21.3 Å². The Morgan fingerprint density at radius 2 is 1.94 bits per heavy atom. The molecule has 0 bridgehead atoms. The lowest BCUT2D eigenvalue weighted by atomic mass is 9.90. The Labute approximate surface area is 94.2 Å². The first-order valence-electron chi connectivity index (χ1n) is 5.15. The molecular weight excluding hydrogens is 208 g/mol. The minimum Gasteiger partial charge on any atom is -0.508 e. The molecule has 4 heteroatoms. The van der Waals surface area contributed by atoms with Crippen LogP contribution in [0.1, 0.15) is 36.0 Å². The number of aromatic hydroxyl groups is 2. The molecule has 0 saturated heterocycles. The van der Waals surface area contributed by atoms with E-state index in [1.807, 2.05) is 0 Å². The van der Waals surface area contributed by atoms with Gasteiger partial charge >= 0.3 is 5.97 Å². The standard InChI is InChI=1S/C12H16O4/c1-4-8(12(15)16)10-7(3)11(14)6(2)5-9(10)13/h5,8,13-14H,4H2,1-3H3,(H,15,16). The number of hydrogen-bond acceptors (Lipinski definition) is 3. The van der Waals surface area contributed by atoms with Crippen molar-refractivity contribution in [2.45, 2.75) is 33.1 Å². The van der Waals surface area contributed by atoms with Gasteiger partial charge in [-0.2, -0.15) is 0 Å². The van der Waals surface area contributed by atoms with E-state index in [0.717, 1.165) is 0 Å². The lowest BCUT2D eigenvalue weighted by Gasteiger charge is -2.17. The second-order valence-corrected chi connectivity index (χ2v) is 3.90. The van der Waals surface area contributed by atoms with Gasteiger partial charge in [-0.25, -0.2) is 0 Å². The number of phenolic OH excluding ortho intramolecular Hbond substituents is 2. The predicted molar refractivity (Wildman–Crippen MR) is 59.9 cm³/mol. The molecular formula is C12H16O4. The maximum absolute atomic E-state index is 11.0. The van der Waals surface area contributed by atoms with Crippen LogP contribution >= 0.6 is 0 Å². The van der Waals surface area contributed by atoms with Crippen LogP contribution in [-0.2, 0) is 4.79 Å². The van der Waals surface area contributed by atoms with Gasteiger partial charge in [-0.3, -0.25) is 4.79 Å². The molecule has 1 rings (SSSR count). The Bertz CT molecular complexity index is 424. The average molecular weight is 224 g/mol. The summed E-state index contributed by atoms with van der Waals surface area (Å²) in [6.07, 6.45) is 0.367. The summed E-state index contributed by atoms with van der Waals surface area (Å²) < 4.78 is 0. The van der Waals surface area contributed by atoms with E-state index >= 15 is 0 Å². The first kappa shape index (κ1) is 12.4. The van der Waals surface area contributed by atoms with Gasteiger partial charge in [0, 0.05) is 5.56 Å². The van der Waals surface area contributed by atoms with E-state index in [4.69, 9.17) is 5.11 Å². The summed E-state index contributed by atoms with van der Waals surface area (Å²) in [5.41, 5.74) is 1.28. The summed E-state index contributed by atoms with van der Waals surface area (Å²) in [6.45, 7) is 5.01. The fourth-order valence-electron chi connectivity index (χ4n) is 1.91. The molecule has 16 heavy (non-hydrogen) atoms. The van der Waals surface area contributed by atoms with E-state index in [0.29, 0.717) is 23.1 Å². The maximum atomic E-state index is 11.0. The molecule has 0 heterocycles. The normalized spacial score (nSPS) is 12.4. The van der Waals surface area contributed by atoms with Crippen LogP contribution in [0, 0.1) is 13.8 Å². The third kappa shape index (κ3) is 1.96. The third-order valence-corrected chi connectivity index (χ3v) is 2.82. The summed E-state index contributed by atoms with van der Waals surface area (Å²) in [6, 6.07) is 1.39. The Balaban J connectivity index is 3.43. The van der Waals surface area contributed by atoms with Crippen molar-refractivity contribution >= 4 is 5.97 Å². The molecule has 0 aliphatic rings. The third-order valence-electron chi connectivity index (χ3n) is 2.82. The molecule has 4 nitrogen and oxygen atoms in total. The fraction of sp³-hybridized carbons (Fsp3) is 0.417. The van der Waals surface area contributed by atoms with Crippen LogP contribution in [0.3, 0.4) is 0 Å². The molecule has 1 atom stereocenters. The van der Waals surface area contributed by atoms with Crippen LogP contribution in [0.2, 0.25) is 0 Å². The van der Waals surface area contributed by atoms with E-state index in [-0.39, 0.29) is 11.5 Å². The van der Waals surface area contributed by atoms with E-state index < -0.39 is 11.9 Å². The van der Waals surface area contributed by atoms with Gasteiger partial charge < -0.3 is 15.3 Å². The number of carboxylic acid groups (broad SMARTS) is 1. The molecule has 1 unspecified atom stereocenters. The van der Waals surface area contributed by atoms with Crippen molar-refractivity contribution in [2.24, 2.45) is 0 Å². The molecule has 88 valence electrons. The van der Waals surface area contributed by atoms with Gasteiger partial charge in [0.05, 0.1) is 5.92 Å². The fourth-order valence-corrected chi connectivity index (χ4v) is 1.91. The number of hydrogen-bond donors (Lipinski definition) is 3. The Morgan fingerprint density at radius 3 is 2.38 bits per heavy atom. The number of carbonyl (C=O) groups is 1. The summed E-state index contributed by atoms with van der Waals surface area (Å²) in [5.74, 6) is -1.80. The van der Waals surface area contributed by atoms with Gasteiger partial charge in [-0.15, -0.1) is 0 Å². The van der Waals surface area contributed by atoms with Crippen LogP contribution in [0.4, 0.5) is 0 Å². The SMILES string of the molecule is CCC(C(=O)O)c1c(O)cc(C)c(O)c1C. The van der Waals surface area contributed by atoms with Gasteiger partial charge in [-0.1, -0.05) is 6.92 Å². The maximum Gasteiger partial charge on any atom is 0.311 e. The number of phenols is 2. The summed E-state index contributed by atoms with van der Waals surface area (Å²) >= 11 is 0. The van der Waals surface area contributed by atoms with Gasteiger partial charge in [0.25, 0.3) is 0 Å². The van der Waals surface area contributed by atoms with Crippen molar-refractivity contribution in [1.82, 2.24) is 0 Å². The van der Waals surface area contributed by atoms with Gasteiger partial charge in [0.1, 0.15) is 11.5 Å². The topological polar surface area (TPSA) is 77.8 Å². The Kier molecular flexibility index (Phi) is 3.42. The average Bonchev–Trinajstić information content (AvgIpc) is 2.20. The molecule has 0 amide bonds. The van der Waals surface area contributed by atoms with E-state index in [9.17, 15) is 15.0 Å². The molecule has 0 aliphatic heterocycles. The molecule has 1 aromatic carbocycles. The second-order valence-electron chi connectivity index (χ2n) is 3.90. The quantitative estimate of drug-likeness (QED) is 0.688. The molecule has 0 spiro atoms. The zero-order chi connectivity index (χ0) is 12.5. The minimum absolute atomic E-state index is 0.0486. The van der Waals surface area contributed by atoms with Crippen molar-refractivity contribution in [3.8, 4) is 11.5 Å². The highest BCUT2D eigenvalue weighted by Gasteiger charge is 2.25. The first-order chi connectivity index (χ1) is 7.40. The van der Waals surface area contributed by atoms with Gasteiger partial charge in [0.2, 0.25) is 0 Å². The lowest BCUT2D eigenvalue weighted by molar-refractivity contribution is -0.138. The summed E-state index contributed by atoms with van der Waals surface area (Å²) in [7, 11) is 0. The number of aryl methyl sites for hydroxylation is 1. The molecule has 3 N–H and O–H groups in total. The Morgan fingerprint density at radius 1 is 1.38 bits per heavy atom. The van der Waals surface area contributed by atoms with Crippen molar-refractivity contribution in [1.29, 1.82) is 0 Å². The largest absolute Gasteiger partial charge is 0.508 e. The van der Waals surface area contributed by atoms with Crippen LogP contribution in [0.15, 0.2) is 6.07 Å². The van der Waals surface area contributed by atoms with Crippen LogP contribution in [0.5, 0.6) is 11.5 Å². The number of rotatable bonds is 3.